The van der Waals surface area contributed by atoms with Crippen LogP contribution in [0.1, 0.15) is 52.4 Å². The minimum Gasteiger partial charge on any atom is -0.393 e. The van der Waals surface area contributed by atoms with E-state index in [-0.39, 0.29) is 18.3 Å². The highest BCUT2D eigenvalue weighted by Gasteiger charge is 2.18. The third-order valence-electron chi connectivity index (χ3n) is 3.63. The summed E-state index contributed by atoms with van der Waals surface area (Å²) in [6, 6.07) is 0. The lowest BCUT2D eigenvalue weighted by Gasteiger charge is -2.23. The van der Waals surface area contributed by atoms with E-state index in [1.54, 1.807) is 7.11 Å². The topological polar surface area (TPSA) is 49.7 Å². The van der Waals surface area contributed by atoms with Crippen LogP contribution in [0.25, 0.3) is 0 Å². The molecule has 4 heteroatoms. The van der Waals surface area contributed by atoms with Crippen molar-refractivity contribution in [2.75, 3.05) is 7.11 Å². The number of methoxy groups -OCH3 is 1. The van der Waals surface area contributed by atoms with E-state index in [1.165, 1.54) is 0 Å². The molecule has 0 aromatic heterocycles. The molecular formula is C18H36O3Si. The molecule has 3 nitrogen and oxygen atoms in total. The van der Waals surface area contributed by atoms with Crippen molar-refractivity contribution < 1.29 is 14.9 Å². The second-order valence-corrected chi connectivity index (χ2v) is 12.3. The Labute approximate surface area is 138 Å². The number of aliphatic hydroxyl groups is 2. The first kappa shape index (κ1) is 21.7. The van der Waals surface area contributed by atoms with Crippen molar-refractivity contribution in [1.29, 1.82) is 0 Å². The monoisotopic (exact) mass is 328 g/mol. The Hall–Kier alpha value is -0.343. The Morgan fingerprint density at radius 1 is 1.05 bits per heavy atom. The summed E-state index contributed by atoms with van der Waals surface area (Å²) in [5, 5.41) is 20.0. The van der Waals surface area contributed by atoms with Gasteiger partial charge in [-0.1, -0.05) is 39.9 Å². The average Bonchev–Trinajstić information content (AvgIpc) is 2.36. The van der Waals surface area contributed by atoms with Crippen LogP contribution in [0.2, 0.25) is 19.6 Å². The van der Waals surface area contributed by atoms with Gasteiger partial charge in [0.15, 0.2) is 0 Å². The molecule has 0 saturated heterocycles. The lowest BCUT2D eigenvalue weighted by atomic mass is 9.93. The highest BCUT2D eigenvalue weighted by molar-refractivity contribution is 6.83. The number of rotatable bonds is 10. The molecular weight excluding hydrogens is 292 g/mol. The summed E-state index contributed by atoms with van der Waals surface area (Å²) in [4.78, 5) is 0. The standard InChI is InChI=1S/C18H36O3Si/c1-7-9-16(19)14-18(21-3)13-15(2)12-17(20)10-8-11-22(4,5)6/h15-20H,7,9-10,12-14H2,1-6H3/t15-,16+,17+,18+/m1/s1. The highest BCUT2D eigenvalue weighted by atomic mass is 28.3. The molecule has 0 fully saturated rings. The fraction of sp³-hybridized carbons (Fsp3) is 0.889. The normalized spacial score (nSPS) is 17.3. The fourth-order valence-corrected chi connectivity index (χ4v) is 3.20. The molecule has 0 unspecified atom stereocenters. The summed E-state index contributed by atoms with van der Waals surface area (Å²) in [5.41, 5.74) is 3.29. The number of hydrogen-bond acceptors (Lipinski definition) is 3. The van der Waals surface area contributed by atoms with Crippen molar-refractivity contribution in [1.82, 2.24) is 0 Å². The van der Waals surface area contributed by atoms with E-state index < -0.39 is 8.07 Å². The molecule has 0 aliphatic heterocycles. The molecule has 0 amide bonds. The molecule has 0 saturated carbocycles. The van der Waals surface area contributed by atoms with Gasteiger partial charge in [-0.15, -0.1) is 11.5 Å². The van der Waals surface area contributed by atoms with E-state index in [9.17, 15) is 10.2 Å². The lowest BCUT2D eigenvalue weighted by Crippen LogP contribution is -2.23. The molecule has 0 spiro atoms. The van der Waals surface area contributed by atoms with E-state index in [1.807, 2.05) is 0 Å². The van der Waals surface area contributed by atoms with Gasteiger partial charge in [0.2, 0.25) is 0 Å². The van der Waals surface area contributed by atoms with Crippen LogP contribution in [0.5, 0.6) is 0 Å². The van der Waals surface area contributed by atoms with Crippen LogP contribution in [0, 0.1) is 17.4 Å². The van der Waals surface area contributed by atoms with Crippen molar-refractivity contribution in [3.05, 3.63) is 0 Å². The molecule has 0 aliphatic carbocycles. The first-order valence-electron chi connectivity index (χ1n) is 8.56. The van der Waals surface area contributed by atoms with Crippen LogP contribution in [-0.4, -0.2) is 43.7 Å². The highest BCUT2D eigenvalue weighted by Crippen LogP contribution is 2.20. The minimum atomic E-state index is -1.34. The van der Waals surface area contributed by atoms with Gasteiger partial charge >= 0.3 is 0 Å². The number of hydrogen-bond donors (Lipinski definition) is 2. The van der Waals surface area contributed by atoms with Crippen LogP contribution in [0.4, 0.5) is 0 Å². The molecule has 22 heavy (non-hydrogen) atoms. The molecule has 0 aromatic carbocycles. The molecule has 2 N–H and O–H groups in total. The van der Waals surface area contributed by atoms with Crippen LogP contribution in [-0.2, 0) is 4.74 Å². The van der Waals surface area contributed by atoms with Crippen molar-refractivity contribution >= 4 is 8.07 Å². The summed E-state index contributed by atoms with van der Waals surface area (Å²) in [5.74, 6) is 3.50. The van der Waals surface area contributed by atoms with Gasteiger partial charge in [-0.2, -0.15) is 0 Å². The Bertz CT molecular complexity index is 340. The summed E-state index contributed by atoms with van der Waals surface area (Å²) in [6.07, 6.45) is 4.08. The van der Waals surface area contributed by atoms with Gasteiger partial charge < -0.3 is 14.9 Å². The summed E-state index contributed by atoms with van der Waals surface area (Å²) in [7, 11) is 0.358. The molecule has 4 atom stereocenters. The smallest absolute Gasteiger partial charge is 0.129 e. The molecule has 0 aromatic rings. The summed E-state index contributed by atoms with van der Waals surface area (Å²) < 4.78 is 5.48. The number of ether oxygens (including phenoxy) is 1. The van der Waals surface area contributed by atoms with Crippen molar-refractivity contribution in [3.63, 3.8) is 0 Å². The maximum absolute atomic E-state index is 10.1. The average molecular weight is 329 g/mol. The van der Waals surface area contributed by atoms with E-state index >= 15 is 0 Å². The molecule has 130 valence electrons. The molecule has 0 bridgehead atoms. The maximum atomic E-state index is 10.1. The van der Waals surface area contributed by atoms with Crippen molar-refractivity contribution in [2.24, 2.45) is 5.92 Å². The third kappa shape index (κ3) is 12.2. The van der Waals surface area contributed by atoms with Gasteiger partial charge in [0.25, 0.3) is 0 Å². The Kier molecular flexibility index (Phi) is 11.1. The zero-order chi connectivity index (χ0) is 17.2. The van der Waals surface area contributed by atoms with Crippen LogP contribution in [0.15, 0.2) is 0 Å². The number of aliphatic hydroxyl groups excluding tert-OH is 2. The van der Waals surface area contributed by atoms with Gasteiger partial charge in [0, 0.05) is 13.5 Å². The summed E-state index contributed by atoms with van der Waals surface area (Å²) in [6.45, 7) is 10.8. The van der Waals surface area contributed by atoms with Crippen molar-refractivity contribution in [3.8, 4) is 11.5 Å². The molecule has 0 aliphatic rings. The second-order valence-electron chi connectivity index (χ2n) is 7.52. The largest absolute Gasteiger partial charge is 0.393 e. The quantitative estimate of drug-likeness (QED) is 0.476. The van der Waals surface area contributed by atoms with Gasteiger partial charge in [-0.05, 0) is 31.6 Å². The SMILES string of the molecule is CCC[C@H](O)C[C@H](C[C@H](C)C[C@@H](O)CC#C[Si](C)(C)C)OC. The summed E-state index contributed by atoms with van der Waals surface area (Å²) >= 11 is 0. The van der Waals surface area contributed by atoms with E-state index in [2.05, 4.69) is 45.0 Å². The van der Waals surface area contributed by atoms with Gasteiger partial charge in [0.1, 0.15) is 8.07 Å². The molecule has 0 radical (unpaired) electrons. The molecule has 0 rings (SSSR count). The van der Waals surface area contributed by atoms with Gasteiger partial charge in [0.05, 0.1) is 18.3 Å². The van der Waals surface area contributed by atoms with Crippen molar-refractivity contribution in [2.45, 2.75) is 90.3 Å². The zero-order valence-electron chi connectivity index (χ0n) is 15.4. The van der Waals surface area contributed by atoms with E-state index in [0.717, 1.165) is 25.7 Å². The lowest BCUT2D eigenvalue weighted by molar-refractivity contribution is 0.0239. The minimum absolute atomic E-state index is 0.0665. The van der Waals surface area contributed by atoms with E-state index in [4.69, 9.17) is 4.74 Å². The maximum Gasteiger partial charge on any atom is 0.129 e. The Morgan fingerprint density at radius 3 is 2.18 bits per heavy atom. The Balaban J connectivity index is 4.17. The molecule has 0 heterocycles. The van der Waals surface area contributed by atoms with Crippen LogP contribution < -0.4 is 0 Å². The predicted octanol–water partition coefficient (Wildman–Crippen LogP) is 3.60. The van der Waals surface area contributed by atoms with E-state index in [0.29, 0.717) is 18.8 Å². The van der Waals surface area contributed by atoms with Crippen LogP contribution >= 0.6 is 0 Å². The Morgan fingerprint density at radius 2 is 1.68 bits per heavy atom. The second kappa shape index (κ2) is 11.2. The van der Waals surface area contributed by atoms with Gasteiger partial charge in [-0.25, -0.2) is 0 Å². The predicted molar refractivity (Wildman–Crippen MR) is 96.5 cm³/mol. The van der Waals surface area contributed by atoms with Crippen LogP contribution in [0.3, 0.4) is 0 Å². The first-order chi connectivity index (χ1) is 10.2. The first-order valence-corrected chi connectivity index (χ1v) is 12.1. The van der Waals surface area contributed by atoms with Gasteiger partial charge in [-0.3, -0.25) is 0 Å². The third-order valence-corrected chi connectivity index (χ3v) is 4.56. The zero-order valence-corrected chi connectivity index (χ0v) is 16.4. The fourth-order valence-electron chi connectivity index (χ4n) is 2.57.